The molecule has 0 saturated heterocycles. The van der Waals surface area contributed by atoms with Gasteiger partial charge >= 0.3 is 0 Å². The maximum atomic E-state index is 11.9. The van der Waals surface area contributed by atoms with Gasteiger partial charge in [0.15, 0.2) is 5.76 Å². The molecule has 21 heavy (non-hydrogen) atoms. The van der Waals surface area contributed by atoms with Crippen molar-refractivity contribution < 1.29 is 9.21 Å². The van der Waals surface area contributed by atoms with Gasteiger partial charge < -0.3 is 15.1 Å². The second-order valence-corrected chi connectivity index (χ2v) is 5.45. The van der Waals surface area contributed by atoms with Crippen LogP contribution in [0.2, 0.25) is 0 Å². The molecule has 2 rings (SSSR count). The smallest absolute Gasteiger partial charge is 0.237 e. The van der Waals surface area contributed by atoms with Gasteiger partial charge in [-0.05, 0) is 39.8 Å². The van der Waals surface area contributed by atoms with Crippen LogP contribution in [0.25, 0.3) is 11.5 Å². The number of rotatable bonds is 6. The molecular formula is C15H22N4O2. The van der Waals surface area contributed by atoms with Gasteiger partial charge in [-0.1, -0.05) is 0 Å². The molecule has 2 aromatic rings. The highest BCUT2D eigenvalue weighted by molar-refractivity contribution is 5.81. The van der Waals surface area contributed by atoms with E-state index in [9.17, 15) is 4.79 Å². The second kappa shape index (κ2) is 6.58. The minimum atomic E-state index is -0.270. The number of aromatic nitrogens is 2. The van der Waals surface area contributed by atoms with Crippen molar-refractivity contribution >= 4 is 5.91 Å². The second-order valence-electron chi connectivity index (χ2n) is 5.45. The summed E-state index contributed by atoms with van der Waals surface area (Å²) in [6.45, 7) is 8.17. The minimum Gasteiger partial charge on any atom is -0.460 e. The zero-order valence-electron chi connectivity index (χ0n) is 12.9. The molecule has 2 heterocycles. The summed E-state index contributed by atoms with van der Waals surface area (Å²) in [6, 6.07) is 3.68. The van der Waals surface area contributed by atoms with Gasteiger partial charge in [-0.3, -0.25) is 9.89 Å². The number of furan rings is 1. The molecular weight excluding hydrogens is 268 g/mol. The molecule has 1 amide bonds. The van der Waals surface area contributed by atoms with E-state index in [1.165, 1.54) is 0 Å². The normalized spacial score (nSPS) is 12.6. The van der Waals surface area contributed by atoms with Crippen LogP contribution in [0.5, 0.6) is 0 Å². The van der Waals surface area contributed by atoms with Crippen LogP contribution in [0, 0.1) is 6.92 Å². The lowest BCUT2D eigenvalue weighted by Gasteiger charge is -2.15. The van der Waals surface area contributed by atoms with Gasteiger partial charge in [-0.15, -0.1) is 0 Å². The predicted molar refractivity (Wildman–Crippen MR) is 80.6 cm³/mol. The summed E-state index contributed by atoms with van der Waals surface area (Å²) in [7, 11) is 0. The van der Waals surface area contributed by atoms with Gasteiger partial charge in [0, 0.05) is 18.2 Å². The molecule has 3 N–H and O–H groups in total. The number of carbonyl (C=O) groups is 1. The Morgan fingerprint density at radius 1 is 1.38 bits per heavy atom. The average Bonchev–Trinajstić information content (AvgIpc) is 3.03. The monoisotopic (exact) mass is 290 g/mol. The molecule has 1 unspecified atom stereocenters. The number of aryl methyl sites for hydroxylation is 1. The SMILES string of the molecule is Cc1ccc(-c2[nH]ncc2CNC(C)C(=O)NC(C)C)o1. The highest BCUT2D eigenvalue weighted by Gasteiger charge is 2.15. The molecule has 0 aromatic carbocycles. The van der Waals surface area contributed by atoms with E-state index in [1.54, 1.807) is 6.20 Å². The molecule has 0 saturated carbocycles. The van der Waals surface area contributed by atoms with Crippen LogP contribution in [0.15, 0.2) is 22.7 Å². The van der Waals surface area contributed by atoms with E-state index in [1.807, 2.05) is 39.8 Å². The van der Waals surface area contributed by atoms with Crippen LogP contribution >= 0.6 is 0 Å². The molecule has 0 radical (unpaired) electrons. The quantitative estimate of drug-likeness (QED) is 0.759. The Balaban J connectivity index is 1.98. The standard InChI is InChI=1S/C15H22N4O2/c1-9(2)18-15(20)11(4)16-7-12-8-17-19-14(12)13-6-5-10(3)21-13/h5-6,8-9,11,16H,7H2,1-4H3,(H,17,19)(H,18,20). The first kappa shape index (κ1) is 15.3. The number of nitrogens with one attached hydrogen (secondary N) is 3. The molecule has 1 atom stereocenters. The molecule has 0 aliphatic heterocycles. The van der Waals surface area contributed by atoms with E-state index in [0.29, 0.717) is 6.54 Å². The van der Waals surface area contributed by atoms with E-state index in [-0.39, 0.29) is 18.0 Å². The van der Waals surface area contributed by atoms with Crippen molar-refractivity contribution in [1.82, 2.24) is 20.8 Å². The van der Waals surface area contributed by atoms with Crippen LogP contribution in [0.1, 0.15) is 32.1 Å². The number of nitrogens with zero attached hydrogens (tertiary/aromatic N) is 1. The summed E-state index contributed by atoms with van der Waals surface area (Å²) in [5.74, 6) is 1.59. The number of hydrogen-bond donors (Lipinski definition) is 3. The number of amides is 1. The third kappa shape index (κ3) is 3.95. The molecule has 0 aliphatic rings. The maximum Gasteiger partial charge on any atom is 0.237 e. The molecule has 6 nitrogen and oxygen atoms in total. The summed E-state index contributed by atoms with van der Waals surface area (Å²) in [4.78, 5) is 11.9. The third-order valence-corrected chi connectivity index (χ3v) is 3.13. The number of aromatic amines is 1. The molecule has 6 heteroatoms. The first-order valence-corrected chi connectivity index (χ1v) is 7.10. The van der Waals surface area contributed by atoms with Crippen LogP contribution in [0.3, 0.4) is 0 Å². The van der Waals surface area contributed by atoms with Crippen LogP contribution in [-0.4, -0.2) is 28.2 Å². The van der Waals surface area contributed by atoms with E-state index < -0.39 is 0 Å². The molecule has 2 aromatic heterocycles. The molecule has 0 spiro atoms. The molecule has 0 aliphatic carbocycles. The number of H-pyrrole nitrogens is 1. The Labute approximate surface area is 124 Å². The number of hydrogen-bond acceptors (Lipinski definition) is 4. The largest absolute Gasteiger partial charge is 0.460 e. The highest BCUT2D eigenvalue weighted by atomic mass is 16.3. The van der Waals surface area contributed by atoms with E-state index in [4.69, 9.17) is 4.42 Å². The van der Waals surface area contributed by atoms with Crippen molar-refractivity contribution in [3.05, 3.63) is 29.7 Å². The van der Waals surface area contributed by atoms with Crippen LogP contribution in [0.4, 0.5) is 0 Å². The van der Waals surface area contributed by atoms with Crippen molar-refractivity contribution in [2.24, 2.45) is 0 Å². The summed E-state index contributed by atoms with van der Waals surface area (Å²) in [6.07, 6.45) is 1.74. The van der Waals surface area contributed by atoms with Crippen molar-refractivity contribution in [1.29, 1.82) is 0 Å². The average molecular weight is 290 g/mol. The van der Waals surface area contributed by atoms with Gasteiger partial charge in [0.1, 0.15) is 11.5 Å². The molecule has 0 bridgehead atoms. The first-order chi connectivity index (χ1) is 9.97. The Bertz CT molecular complexity index is 600. The molecule has 114 valence electrons. The van der Waals surface area contributed by atoms with Crippen LogP contribution < -0.4 is 10.6 Å². The Morgan fingerprint density at radius 3 is 2.76 bits per heavy atom. The highest BCUT2D eigenvalue weighted by Crippen LogP contribution is 2.23. The Hall–Kier alpha value is -2.08. The lowest BCUT2D eigenvalue weighted by molar-refractivity contribution is -0.123. The Morgan fingerprint density at radius 2 is 2.14 bits per heavy atom. The van der Waals surface area contributed by atoms with Gasteiger partial charge in [-0.25, -0.2) is 0 Å². The summed E-state index contributed by atoms with van der Waals surface area (Å²) in [5, 5.41) is 13.1. The van der Waals surface area contributed by atoms with Gasteiger partial charge in [0.2, 0.25) is 5.91 Å². The fourth-order valence-electron chi connectivity index (χ4n) is 1.99. The lowest BCUT2D eigenvalue weighted by Crippen LogP contribution is -2.44. The van der Waals surface area contributed by atoms with Crippen molar-refractivity contribution in [3.8, 4) is 11.5 Å². The molecule has 0 fully saturated rings. The third-order valence-electron chi connectivity index (χ3n) is 3.13. The van der Waals surface area contributed by atoms with Crippen molar-refractivity contribution in [2.45, 2.75) is 46.3 Å². The Kier molecular flexibility index (Phi) is 4.80. The van der Waals surface area contributed by atoms with Crippen molar-refractivity contribution in [2.75, 3.05) is 0 Å². The first-order valence-electron chi connectivity index (χ1n) is 7.10. The van der Waals surface area contributed by atoms with E-state index in [2.05, 4.69) is 20.8 Å². The fraction of sp³-hybridized carbons (Fsp3) is 0.467. The zero-order valence-corrected chi connectivity index (χ0v) is 12.9. The maximum absolute atomic E-state index is 11.9. The van der Waals surface area contributed by atoms with Gasteiger partial charge in [-0.2, -0.15) is 5.10 Å². The fourth-order valence-corrected chi connectivity index (χ4v) is 1.99. The summed E-state index contributed by atoms with van der Waals surface area (Å²) >= 11 is 0. The topological polar surface area (TPSA) is 83.0 Å². The van der Waals surface area contributed by atoms with E-state index >= 15 is 0 Å². The van der Waals surface area contributed by atoms with Gasteiger partial charge in [0.05, 0.1) is 12.2 Å². The number of carbonyl (C=O) groups excluding carboxylic acids is 1. The van der Waals surface area contributed by atoms with Crippen LogP contribution in [-0.2, 0) is 11.3 Å². The zero-order chi connectivity index (χ0) is 15.4. The van der Waals surface area contributed by atoms with E-state index in [0.717, 1.165) is 22.8 Å². The summed E-state index contributed by atoms with van der Waals surface area (Å²) < 4.78 is 5.60. The van der Waals surface area contributed by atoms with Gasteiger partial charge in [0.25, 0.3) is 0 Å². The summed E-state index contributed by atoms with van der Waals surface area (Å²) in [5.41, 5.74) is 1.81. The predicted octanol–water partition coefficient (Wildman–Crippen LogP) is 1.98. The van der Waals surface area contributed by atoms with Crippen molar-refractivity contribution in [3.63, 3.8) is 0 Å². The minimum absolute atomic E-state index is 0.0103. The lowest BCUT2D eigenvalue weighted by atomic mass is 10.2.